The molecule has 0 aliphatic rings. The van der Waals surface area contributed by atoms with Crippen LogP contribution in [0.15, 0.2) is 4.90 Å². The number of sulfonamides is 1. The normalized spacial score (nSPS) is 13.7. The van der Waals surface area contributed by atoms with Crippen molar-refractivity contribution in [2.24, 2.45) is 5.73 Å². The monoisotopic (exact) mass is 304 g/mol. The molecule has 1 aromatic rings. The molecule has 0 fully saturated rings. The molecule has 8 heteroatoms. The summed E-state index contributed by atoms with van der Waals surface area (Å²) in [5.41, 5.74) is 6.60. The highest BCUT2D eigenvalue weighted by Crippen LogP contribution is 2.19. The van der Waals surface area contributed by atoms with Gasteiger partial charge in [-0.15, -0.1) is 0 Å². The zero-order chi connectivity index (χ0) is 15.3. The highest BCUT2D eigenvalue weighted by atomic mass is 32.2. The predicted molar refractivity (Wildman–Crippen MR) is 77.0 cm³/mol. The number of aromatic nitrogens is 2. The summed E-state index contributed by atoms with van der Waals surface area (Å²) >= 11 is 0. The van der Waals surface area contributed by atoms with Gasteiger partial charge in [0, 0.05) is 20.2 Å². The number of hydrogen-bond acceptors (Lipinski definition) is 5. The molecule has 0 spiro atoms. The Balaban J connectivity index is 2.97. The molecule has 0 bridgehead atoms. The number of nitrogens with two attached hydrogens (primary N) is 1. The lowest BCUT2D eigenvalue weighted by molar-refractivity contribution is 0.122. The van der Waals surface area contributed by atoms with E-state index in [2.05, 4.69) is 9.82 Å². The summed E-state index contributed by atoms with van der Waals surface area (Å²) in [4.78, 5) is 0.248. The molecule has 1 unspecified atom stereocenters. The number of nitrogens with zero attached hydrogens (tertiary/aromatic N) is 2. The second-order valence-electron chi connectivity index (χ2n) is 4.76. The SMILES string of the molecule is COC(C)CNS(=O)(=O)c1c(C)nn(CCCN)c1C. The molecule has 7 nitrogen and oxygen atoms in total. The number of rotatable bonds is 8. The molecule has 0 amide bonds. The van der Waals surface area contributed by atoms with Gasteiger partial charge in [-0.05, 0) is 33.7 Å². The van der Waals surface area contributed by atoms with Gasteiger partial charge in [0.2, 0.25) is 10.0 Å². The van der Waals surface area contributed by atoms with E-state index in [4.69, 9.17) is 10.5 Å². The summed E-state index contributed by atoms with van der Waals surface area (Å²) < 4.78 is 33.9. The minimum Gasteiger partial charge on any atom is -0.380 e. The Morgan fingerprint density at radius 2 is 2.10 bits per heavy atom. The van der Waals surface area contributed by atoms with Crippen LogP contribution >= 0.6 is 0 Å². The number of hydrogen-bond donors (Lipinski definition) is 2. The summed E-state index contributed by atoms with van der Waals surface area (Å²) in [5.74, 6) is 0. The van der Waals surface area contributed by atoms with Crippen LogP contribution in [0.25, 0.3) is 0 Å². The molecule has 1 heterocycles. The standard InChI is InChI=1S/C12H24N4O3S/c1-9(19-4)8-14-20(17,18)12-10(2)15-16(11(12)3)7-5-6-13/h9,14H,5-8,13H2,1-4H3. The average molecular weight is 304 g/mol. The molecule has 1 aromatic heterocycles. The molecule has 0 saturated carbocycles. The van der Waals surface area contributed by atoms with E-state index in [1.54, 1.807) is 32.6 Å². The molecule has 0 aliphatic carbocycles. The van der Waals surface area contributed by atoms with Crippen LogP contribution in [0.1, 0.15) is 24.7 Å². The first kappa shape index (κ1) is 17.1. The van der Waals surface area contributed by atoms with Gasteiger partial charge in [0.25, 0.3) is 0 Å². The van der Waals surface area contributed by atoms with Crippen molar-refractivity contribution in [1.29, 1.82) is 0 Å². The Kier molecular flexibility index (Phi) is 6.12. The van der Waals surface area contributed by atoms with Gasteiger partial charge in [-0.3, -0.25) is 4.68 Å². The summed E-state index contributed by atoms with van der Waals surface area (Å²) in [6.45, 7) is 6.64. The van der Waals surface area contributed by atoms with E-state index >= 15 is 0 Å². The highest BCUT2D eigenvalue weighted by molar-refractivity contribution is 7.89. The zero-order valence-corrected chi connectivity index (χ0v) is 13.3. The van der Waals surface area contributed by atoms with E-state index in [9.17, 15) is 8.42 Å². The van der Waals surface area contributed by atoms with Crippen LogP contribution < -0.4 is 10.5 Å². The number of ether oxygens (including phenoxy) is 1. The molecule has 116 valence electrons. The van der Waals surface area contributed by atoms with E-state index in [1.807, 2.05) is 0 Å². The molecular weight excluding hydrogens is 280 g/mol. The molecule has 0 radical (unpaired) electrons. The lowest BCUT2D eigenvalue weighted by Gasteiger charge is -2.11. The van der Waals surface area contributed by atoms with Crippen molar-refractivity contribution in [2.45, 2.75) is 44.7 Å². The first-order valence-corrected chi connectivity index (χ1v) is 8.08. The fourth-order valence-electron chi connectivity index (χ4n) is 1.91. The van der Waals surface area contributed by atoms with Gasteiger partial charge in [-0.1, -0.05) is 0 Å². The van der Waals surface area contributed by atoms with Gasteiger partial charge in [-0.2, -0.15) is 5.10 Å². The molecule has 1 rings (SSSR count). The van der Waals surface area contributed by atoms with E-state index in [-0.39, 0.29) is 17.5 Å². The van der Waals surface area contributed by atoms with Crippen LogP contribution in [0.4, 0.5) is 0 Å². The maximum absolute atomic E-state index is 12.3. The third-order valence-electron chi connectivity index (χ3n) is 3.12. The number of nitrogens with one attached hydrogen (secondary N) is 1. The third-order valence-corrected chi connectivity index (χ3v) is 4.80. The first-order valence-electron chi connectivity index (χ1n) is 6.60. The summed E-state index contributed by atoms with van der Waals surface area (Å²) in [6, 6.07) is 0. The van der Waals surface area contributed by atoms with Crippen LogP contribution in [0, 0.1) is 13.8 Å². The highest BCUT2D eigenvalue weighted by Gasteiger charge is 2.24. The number of methoxy groups -OCH3 is 1. The van der Waals surface area contributed by atoms with E-state index in [1.165, 1.54) is 0 Å². The van der Waals surface area contributed by atoms with Gasteiger partial charge >= 0.3 is 0 Å². The van der Waals surface area contributed by atoms with Crippen LogP contribution in [0.5, 0.6) is 0 Å². The van der Waals surface area contributed by atoms with E-state index in [0.717, 1.165) is 6.42 Å². The predicted octanol–water partition coefficient (Wildman–Crippen LogP) is 0.162. The first-order chi connectivity index (χ1) is 9.33. The molecular formula is C12H24N4O3S. The number of aryl methyl sites for hydroxylation is 2. The second-order valence-corrected chi connectivity index (χ2v) is 6.47. The smallest absolute Gasteiger partial charge is 0.244 e. The Morgan fingerprint density at radius 1 is 1.45 bits per heavy atom. The van der Waals surface area contributed by atoms with Crippen molar-refractivity contribution >= 4 is 10.0 Å². The molecule has 0 saturated heterocycles. The van der Waals surface area contributed by atoms with Crippen molar-refractivity contribution in [2.75, 3.05) is 20.2 Å². The minimum absolute atomic E-state index is 0.183. The van der Waals surface area contributed by atoms with Crippen LogP contribution in [0.2, 0.25) is 0 Å². The Labute approximate surface area is 120 Å². The Morgan fingerprint density at radius 3 is 2.65 bits per heavy atom. The maximum Gasteiger partial charge on any atom is 0.244 e. The summed E-state index contributed by atoms with van der Waals surface area (Å²) in [7, 11) is -2.03. The average Bonchev–Trinajstić information content (AvgIpc) is 2.68. The molecule has 1 atom stereocenters. The Hall–Kier alpha value is -0.960. The quantitative estimate of drug-likeness (QED) is 0.713. The topological polar surface area (TPSA) is 99.2 Å². The molecule has 20 heavy (non-hydrogen) atoms. The fraction of sp³-hybridized carbons (Fsp3) is 0.750. The summed E-state index contributed by atoms with van der Waals surface area (Å²) in [6.07, 6.45) is 0.577. The van der Waals surface area contributed by atoms with Crippen molar-refractivity contribution < 1.29 is 13.2 Å². The van der Waals surface area contributed by atoms with Crippen molar-refractivity contribution in [3.63, 3.8) is 0 Å². The lowest BCUT2D eigenvalue weighted by Crippen LogP contribution is -2.32. The van der Waals surface area contributed by atoms with Gasteiger partial charge in [0.05, 0.1) is 17.5 Å². The summed E-state index contributed by atoms with van der Waals surface area (Å²) in [5, 5.41) is 4.27. The molecule has 0 aromatic carbocycles. The van der Waals surface area contributed by atoms with Gasteiger partial charge < -0.3 is 10.5 Å². The zero-order valence-electron chi connectivity index (χ0n) is 12.5. The van der Waals surface area contributed by atoms with Crippen molar-refractivity contribution in [3.05, 3.63) is 11.4 Å². The van der Waals surface area contributed by atoms with Crippen LogP contribution in [-0.2, 0) is 21.3 Å². The van der Waals surface area contributed by atoms with Gasteiger partial charge in [0.15, 0.2) is 0 Å². The van der Waals surface area contributed by atoms with E-state index in [0.29, 0.717) is 24.5 Å². The van der Waals surface area contributed by atoms with Crippen molar-refractivity contribution in [1.82, 2.24) is 14.5 Å². The van der Waals surface area contributed by atoms with Gasteiger partial charge in [0.1, 0.15) is 4.90 Å². The Bertz CT molecular complexity index is 539. The van der Waals surface area contributed by atoms with Crippen molar-refractivity contribution in [3.8, 4) is 0 Å². The van der Waals surface area contributed by atoms with E-state index < -0.39 is 10.0 Å². The van der Waals surface area contributed by atoms with Crippen LogP contribution in [-0.4, -0.2) is 44.5 Å². The maximum atomic E-state index is 12.3. The third kappa shape index (κ3) is 4.02. The largest absolute Gasteiger partial charge is 0.380 e. The van der Waals surface area contributed by atoms with Crippen LogP contribution in [0.3, 0.4) is 0 Å². The molecule has 0 aliphatic heterocycles. The lowest BCUT2D eigenvalue weighted by atomic mass is 10.4. The molecule has 3 N–H and O–H groups in total. The minimum atomic E-state index is -3.58. The second kappa shape index (κ2) is 7.16. The van der Waals surface area contributed by atoms with Gasteiger partial charge in [-0.25, -0.2) is 13.1 Å². The fourth-order valence-corrected chi connectivity index (χ4v) is 3.43.